The molecule has 0 saturated carbocycles. The number of thioether (sulfide) groups is 1. The highest BCUT2D eigenvalue weighted by atomic mass is 32.2. The second-order valence-electron chi connectivity index (χ2n) is 5.90. The van der Waals surface area contributed by atoms with Crippen LogP contribution in [-0.2, 0) is 11.3 Å². The predicted octanol–water partition coefficient (Wildman–Crippen LogP) is 3.57. The zero-order valence-corrected chi connectivity index (χ0v) is 18.1. The Labute approximate surface area is 176 Å². The fourth-order valence-electron chi connectivity index (χ4n) is 2.55. The van der Waals surface area contributed by atoms with Gasteiger partial charge in [-0.05, 0) is 23.6 Å². The molecule has 3 aromatic rings. The average Bonchev–Trinajstić information content (AvgIpc) is 3.42. The molecule has 0 aliphatic rings. The first-order valence-electron chi connectivity index (χ1n) is 8.58. The van der Waals surface area contributed by atoms with Crippen LogP contribution in [-0.4, -0.2) is 55.1 Å². The molecule has 0 saturated heterocycles. The van der Waals surface area contributed by atoms with Crippen LogP contribution in [0.25, 0.3) is 11.5 Å². The topological polar surface area (TPSA) is 86.9 Å². The molecule has 0 unspecified atom stereocenters. The summed E-state index contributed by atoms with van der Waals surface area (Å²) in [6.45, 7) is 0.581. The van der Waals surface area contributed by atoms with Crippen LogP contribution in [0.5, 0.6) is 17.2 Å². The Kier molecular flexibility index (Phi) is 6.99. The van der Waals surface area contributed by atoms with Gasteiger partial charge in [0.2, 0.25) is 17.5 Å². The van der Waals surface area contributed by atoms with Crippen molar-refractivity contribution in [2.24, 2.45) is 0 Å². The quantitative estimate of drug-likeness (QED) is 0.472. The molecule has 0 aliphatic heterocycles. The molecule has 0 radical (unpaired) electrons. The fraction of sp³-hybridized carbons (Fsp3) is 0.316. The van der Waals surface area contributed by atoms with Crippen molar-refractivity contribution in [2.75, 3.05) is 34.1 Å². The zero-order chi connectivity index (χ0) is 20.8. The predicted molar refractivity (Wildman–Crippen MR) is 111 cm³/mol. The Morgan fingerprint density at radius 1 is 1.17 bits per heavy atom. The molecular formula is C19H21N3O5S2. The van der Waals surface area contributed by atoms with Crippen molar-refractivity contribution < 1.29 is 23.4 Å². The van der Waals surface area contributed by atoms with E-state index in [1.54, 1.807) is 35.4 Å². The van der Waals surface area contributed by atoms with E-state index in [4.69, 9.17) is 18.6 Å². The van der Waals surface area contributed by atoms with E-state index >= 15 is 0 Å². The molecule has 154 valence electrons. The van der Waals surface area contributed by atoms with Crippen LogP contribution in [0.15, 0.2) is 39.3 Å². The molecule has 2 aromatic heterocycles. The van der Waals surface area contributed by atoms with Gasteiger partial charge in [0.1, 0.15) is 0 Å². The molecule has 0 aliphatic carbocycles. The monoisotopic (exact) mass is 435 g/mol. The van der Waals surface area contributed by atoms with E-state index in [1.807, 2.05) is 17.5 Å². The minimum absolute atomic E-state index is 0.0177. The summed E-state index contributed by atoms with van der Waals surface area (Å²) in [5, 5.41) is 10.4. The maximum atomic E-state index is 12.3. The summed E-state index contributed by atoms with van der Waals surface area (Å²) in [4.78, 5) is 15.1. The number of amides is 1. The molecule has 2 heterocycles. The van der Waals surface area contributed by atoms with Gasteiger partial charge in [-0.15, -0.1) is 21.5 Å². The second-order valence-corrected chi connectivity index (χ2v) is 7.86. The van der Waals surface area contributed by atoms with E-state index in [-0.39, 0.29) is 11.7 Å². The molecule has 0 fully saturated rings. The van der Waals surface area contributed by atoms with Gasteiger partial charge in [0.05, 0.1) is 33.6 Å². The van der Waals surface area contributed by atoms with E-state index in [0.29, 0.717) is 40.5 Å². The number of thiophene rings is 1. The number of rotatable bonds is 9. The van der Waals surface area contributed by atoms with Gasteiger partial charge in [-0.3, -0.25) is 4.79 Å². The highest BCUT2D eigenvalue weighted by Gasteiger charge is 2.18. The van der Waals surface area contributed by atoms with Crippen LogP contribution >= 0.6 is 23.1 Å². The van der Waals surface area contributed by atoms with Crippen LogP contribution in [0, 0.1) is 0 Å². The highest BCUT2D eigenvalue weighted by molar-refractivity contribution is 7.99. The van der Waals surface area contributed by atoms with Gasteiger partial charge in [-0.1, -0.05) is 17.8 Å². The van der Waals surface area contributed by atoms with Gasteiger partial charge in [-0.25, -0.2) is 0 Å². The van der Waals surface area contributed by atoms with Gasteiger partial charge in [0, 0.05) is 17.5 Å². The van der Waals surface area contributed by atoms with Crippen molar-refractivity contribution in [1.29, 1.82) is 0 Å². The molecule has 0 N–H and O–H groups in total. The first kappa shape index (κ1) is 21.0. The minimum atomic E-state index is -0.0177. The van der Waals surface area contributed by atoms with Crippen LogP contribution in [0.1, 0.15) is 4.88 Å². The summed E-state index contributed by atoms with van der Waals surface area (Å²) in [6.07, 6.45) is 0. The smallest absolute Gasteiger partial charge is 0.277 e. The molecule has 0 atom stereocenters. The maximum Gasteiger partial charge on any atom is 0.277 e. The van der Waals surface area contributed by atoms with E-state index in [0.717, 1.165) is 4.88 Å². The molecule has 3 rings (SSSR count). The maximum absolute atomic E-state index is 12.3. The number of carbonyl (C=O) groups excluding carboxylic acids is 1. The summed E-state index contributed by atoms with van der Waals surface area (Å²) < 4.78 is 21.7. The summed E-state index contributed by atoms with van der Waals surface area (Å²) in [5.41, 5.74) is 0.625. The lowest BCUT2D eigenvalue weighted by Crippen LogP contribution is -2.27. The van der Waals surface area contributed by atoms with Crippen LogP contribution in [0.3, 0.4) is 0 Å². The Balaban J connectivity index is 1.67. The zero-order valence-electron chi connectivity index (χ0n) is 16.5. The van der Waals surface area contributed by atoms with Gasteiger partial charge in [0.25, 0.3) is 5.22 Å². The van der Waals surface area contributed by atoms with E-state index in [2.05, 4.69) is 10.2 Å². The van der Waals surface area contributed by atoms with Crippen LogP contribution in [0.4, 0.5) is 0 Å². The molecule has 1 amide bonds. The first-order valence-corrected chi connectivity index (χ1v) is 10.4. The minimum Gasteiger partial charge on any atom is -0.493 e. The van der Waals surface area contributed by atoms with Gasteiger partial charge < -0.3 is 23.5 Å². The standard InChI is InChI=1S/C19H21N3O5S2/c1-22(10-13-6-5-7-28-13)16(23)11-29-19-21-20-18(27-19)12-8-14(24-2)17(26-4)15(9-12)25-3/h5-9H,10-11H2,1-4H3. The molecule has 0 spiro atoms. The number of hydrogen-bond donors (Lipinski definition) is 0. The molecule has 29 heavy (non-hydrogen) atoms. The largest absolute Gasteiger partial charge is 0.493 e. The second kappa shape index (κ2) is 9.66. The lowest BCUT2D eigenvalue weighted by molar-refractivity contribution is -0.127. The third-order valence-corrected chi connectivity index (χ3v) is 5.70. The summed E-state index contributed by atoms with van der Waals surface area (Å²) in [6, 6.07) is 7.42. The Morgan fingerprint density at radius 3 is 2.48 bits per heavy atom. The van der Waals surface area contributed by atoms with Gasteiger partial charge in [-0.2, -0.15) is 0 Å². The third kappa shape index (κ3) is 5.01. The van der Waals surface area contributed by atoms with E-state index in [1.165, 1.54) is 33.1 Å². The Morgan fingerprint density at radius 2 is 1.90 bits per heavy atom. The number of benzene rings is 1. The van der Waals surface area contributed by atoms with Crippen molar-refractivity contribution in [1.82, 2.24) is 15.1 Å². The van der Waals surface area contributed by atoms with Gasteiger partial charge in [0.15, 0.2) is 11.5 Å². The number of methoxy groups -OCH3 is 3. The van der Waals surface area contributed by atoms with Crippen molar-refractivity contribution in [3.8, 4) is 28.7 Å². The molecule has 8 nitrogen and oxygen atoms in total. The number of ether oxygens (including phenoxy) is 3. The summed E-state index contributed by atoms with van der Waals surface area (Å²) >= 11 is 2.82. The lowest BCUT2D eigenvalue weighted by Gasteiger charge is -2.15. The molecule has 1 aromatic carbocycles. The van der Waals surface area contributed by atoms with Crippen LogP contribution < -0.4 is 14.2 Å². The Bertz CT molecular complexity index is 934. The molecule has 0 bridgehead atoms. The van der Waals surface area contributed by atoms with Crippen molar-refractivity contribution in [3.05, 3.63) is 34.5 Å². The SMILES string of the molecule is COc1cc(-c2nnc(SCC(=O)N(C)Cc3cccs3)o2)cc(OC)c1OC. The third-order valence-electron chi connectivity index (χ3n) is 4.04. The first-order chi connectivity index (χ1) is 14.0. The van der Waals surface area contributed by atoms with E-state index in [9.17, 15) is 4.79 Å². The van der Waals surface area contributed by atoms with Crippen molar-refractivity contribution >= 4 is 29.0 Å². The summed E-state index contributed by atoms with van der Waals surface area (Å²) in [5.74, 6) is 1.94. The highest BCUT2D eigenvalue weighted by Crippen LogP contribution is 2.41. The number of nitrogens with zero attached hydrogens (tertiary/aromatic N) is 3. The number of carbonyl (C=O) groups is 1. The van der Waals surface area contributed by atoms with Crippen LogP contribution in [0.2, 0.25) is 0 Å². The molecule has 10 heteroatoms. The van der Waals surface area contributed by atoms with Crippen molar-refractivity contribution in [3.63, 3.8) is 0 Å². The van der Waals surface area contributed by atoms with E-state index < -0.39 is 0 Å². The number of aromatic nitrogens is 2. The molecular weight excluding hydrogens is 414 g/mol. The fourth-order valence-corrected chi connectivity index (χ4v) is 4.01. The normalized spacial score (nSPS) is 10.6. The lowest BCUT2D eigenvalue weighted by atomic mass is 10.2. The Hall–Kier alpha value is -2.72. The van der Waals surface area contributed by atoms with Gasteiger partial charge >= 0.3 is 0 Å². The summed E-state index contributed by atoms with van der Waals surface area (Å²) in [7, 11) is 6.38. The van der Waals surface area contributed by atoms with Crippen molar-refractivity contribution in [2.45, 2.75) is 11.8 Å². The average molecular weight is 436 g/mol. The number of hydrogen-bond acceptors (Lipinski definition) is 9.